The molecule has 2 amide bonds. The zero-order chi connectivity index (χ0) is 21.3. The van der Waals surface area contributed by atoms with E-state index in [4.69, 9.17) is 9.47 Å². The molecule has 0 aliphatic carbocycles. The summed E-state index contributed by atoms with van der Waals surface area (Å²) in [6, 6.07) is 11.8. The van der Waals surface area contributed by atoms with Gasteiger partial charge >= 0.3 is 0 Å². The van der Waals surface area contributed by atoms with Gasteiger partial charge in [-0.2, -0.15) is 5.10 Å². The maximum atomic E-state index is 12.1. The maximum Gasteiger partial charge on any atom is 0.260 e. The van der Waals surface area contributed by atoms with Gasteiger partial charge in [-0.1, -0.05) is 6.07 Å². The largest absolute Gasteiger partial charge is 0.484 e. The topological polar surface area (TPSA) is 102 Å². The lowest BCUT2D eigenvalue weighted by molar-refractivity contribution is -0.137. The molecule has 1 aromatic carbocycles. The van der Waals surface area contributed by atoms with Gasteiger partial charge in [-0.05, 0) is 42.8 Å². The van der Waals surface area contributed by atoms with Crippen LogP contribution in [0.2, 0.25) is 0 Å². The molecule has 1 N–H and O–H groups in total. The Bertz CT molecular complexity index is 962. The van der Waals surface area contributed by atoms with Gasteiger partial charge in [0.1, 0.15) is 12.3 Å². The van der Waals surface area contributed by atoms with Crippen LogP contribution in [-0.4, -0.2) is 59.9 Å². The zero-order valence-electron chi connectivity index (χ0n) is 16.7. The Morgan fingerprint density at radius 3 is 2.57 bits per heavy atom. The smallest absolute Gasteiger partial charge is 0.260 e. The van der Waals surface area contributed by atoms with Crippen LogP contribution in [0.15, 0.2) is 58.6 Å². The average Bonchev–Trinajstić information content (AvgIpc) is 2.78. The fraction of sp³-hybridized carbons (Fsp3) is 0.333. The predicted molar refractivity (Wildman–Crippen MR) is 110 cm³/mol. The first-order chi connectivity index (χ1) is 14.5. The lowest BCUT2D eigenvalue weighted by Gasteiger charge is -2.26. The van der Waals surface area contributed by atoms with Crippen LogP contribution in [0.3, 0.4) is 0 Å². The van der Waals surface area contributed by atoms with Crippen molar-refractivity contribution in [3.8, 4) is 5.75 Å². The highest BCUT2D eigenvalue weighted by Crippen LogP contribution is 2.13. The van der Waals surface area contributed by atoms with E-state index in [9.17, 15) is 14.4 Å². The number of aromatic nitrogens is 1. The van der Waals surface area contributed by atoms with Crippen molar-refractivity contribution in [1.29, 1.82) is 0 Å². The molecule has 0 saturated carbocycles. The molecule has 1 fully saturated rings. The standard InChI is InChI=1S/C21H24N4O5/c1-16(22-23-19(26)14-25-9-3-2-4-20(25)27)17-5-7-18(8-6-17)30-15-21(28)24-10-12-29-13-11-24/h2-9H,10-15H2,1H3,(H,23,26)/b22-16-. The Morgan fingerprint density at radius 2 is 1.87 bits per heavy atom. The minimum atomic E-state index is -0.399. The molecule has 9 heteroatoms. The van der Waals surface area contributed by atoms with Gasteiger partial charge in [-0.15, -0.1) is 0 Å². The molecule has 9 nitrogen and oxygen atoms in total. The normalized spacial score (nSPS) is 14.3. The Morgan fingerprint density at radius 1 is 1.13 bits per heavy atom. The van der Waals surface area contributed by atoms with Crippen molar-refractivity contribution in [3.63, 3.8) is 0 Å². The van der Waals surface area contributed by atoms with Crippen LogP contribution in [0.5, 0.6) is 5.75 Å². The van der Waals surface area contributed by atoms with Crippen molar-refractivity contribution >= 4 is 17.5 Å². The Hall–Kier alpha value is -3.46. The van der Waals surface area contributed by atoms with Crippen LogP contribution < -0.4 is 15.7 Å². The summed E-state index contributed by atoms with van der Waals surface area (Å²) in [5.41, 5.74) is 3.58. The first-order valence-electron chi connectivity index (χ1n) is 9.60. The lowest BCUT2D eigenvalue weighted by atomic mass is 10.1. The van der Waals surface area contributed by atoms with Crippen molar-refractivity contribution in [1.82, 2.24) is 14.9 Å². The van der Waals surface area contributed by atoms with Gasteiger partial charge in [-0.25, -0.2) is 5.43 Å². The molecule has 3 rings (SSSR count). The monoisotopic (exact) mass is 412 g/mol. The summed E-state index contributed by atoms with van der Waals surface area (Å²) in [7, 11) is 0. The number of morpholine rings is 1. The number of amides is 2. The fourth-order valence-electron chi connectivity index (χ4n) is 2.83. The summed E-state index contributed by atoms with van der Waals surface area (Å²) < 4.78 is 12.1. The van der Waals surface area contributed by atoms with Crippen LogP contribution in [0, 0.1) is 0 Å². The number of hydrogen-bond donors (Lipinski definition) is 1. The summed E-state index contributed by atoms with van der Waals surface area (Å²) in [5.74, 6) is 0.102. The highest BCUT2D eigenvalue weighted by Gasteiger charge is 2.17. The number of benzene rings is 1. The minimum Gasteiger partial charge on any atom is -0.484 e. The quantitative estimate of drug-likeness (QED) is 0.531. The molecule has 0 bridgehead atoms. The molecule has 158 valence electrons. The molecule has 30 heavy (non-hydrogen) atoms. The fourth-order valence-corrected chi connectivity index (χ4v) is 2.83. The van der Waals surface area contributed by atoms with Crippen molar-refractivity contribution in [2.45, 2.75) is 13.5 Å². The van der Waals surface area contributed by atoms with E-state index in [2.05, 4.69) is 10.5 Å². The molecule has 0 radical (unpaired) electrons. The Kier molecular flexibility index (Phi) is 7.34. The highest BCUT2D eigenvalue weighted by molar-refractivity contribution is 5.99. The Labute approximate surface area is 173 Å². The molecule has 2 aromatic rings. The van der Waals surface area contributed by atoms with E-state index in [0.717, 1.165) is 5.56 Å². The number of hydrogen-bond acceptors (Lipinski definition) is 6. The number of carbonyl (C=O) groups excluding carboxylic acids is 2. The van der Waals surface area contributed by atoms with E-state index < -0.39 is 5.91 Å². The molecule has 1 aromatic heterocycles. The highest BCUT2D eigenvalue weighted by atomic mass is 16.5. The summed E-state index contributed by atoms with van der Waals surface area (Å²) in [4.78, 5) is 37.5. The number of ether oxygens (including phenoxy) is 2. The first-order valence-corrected chi connectivity index (χ1v) is 9.60. The van der Waals surface area contributed by atoms with E-state index in [-0.39, 0.29) is 24.6 Å². The molecular weight excluding hydrogens is 388 g/mol. The number of rotatable bonds is 7. The van der Waals surface area contributed by atoms with Gasteiger partial charge in [-0.3, -0.25) is 14.4 Å². The van der Waals surface area contributed by atoms with E-state index in [1.165, 1.54) is 10.6 Å². The first kappa shape index (κ1) is 21.3. The van der Waals surface area contributed by atoms with E-state index in [0.29, 0.717) is 37.8 Å². The third-order valence-electron chi connectivity index (χ3n) is 4.56. The van der Waals surface area contributed by atoms with Gasteiger partial charge in [0.05, 0.1) is 18.9 Å². The zero-order valence-corrected chi connectivity index (χ0v) is 16.7. The van der Waals surface area contributed by atoms with Crippen LogP contribution in [0.4, 0.5) is 0 Å². The molecular formula is C21H24N4O5. The van der Waals surface area contributed by atoms with Gasteiger partial charge in [0.2, 0.25) is 0 Å². The van der Waals surface area contributed by atoms with E-state index in [1.807, 2.05) is 0 Å². The average molecular weight is 412 g/mol. The second kappa shape index (κ2) is 10.4. The third-order valence-corrected chi connectivity index (χ3v) is 4.56. The predicted octanol–water partition coefficient (Wildman–Crippen LogP) is 0.626. The number of nitrogens with one attached hydrogen (secondary N) is 1. The van der Waals surface area contributed by atoms with Gasteiger partial charge in [0.15, 0.2) is 6.61 Å². The second-order valence-electron chi connectivity index (χ2n) is 6.71. The van der Waals surface area contributed by atoms with Gasteiger partial charge in [0, 0.05) is 25.4 Å². The van der Waals surface area contributed by atoms with Crippen molar-refractivity contribution in [3.05, 3.63) is 64.6 Å². The van der Waals surface area contributed by atoms with Crippen LogP contribution in [0.25, 0.3) is 0 Å². The third kappa shape index (κ3) is 6.02. The molecule has 0 atom stereocenters. The van der Waals surface area contributed by atoms with E-state index >= 15 is 0 Å². The maximum absolute atomic E-state index is 12.1. The van der Waals surface area contributed by atoms with Gasteiger partial charge in [0.25, 0.3) is 17.4 Å². The van der Waals surface area contributed by atoms with Crippen LogP contribution in [0.1, 0.15) is 12.5 Å². The summed E-state index contributed by atoms with van der Waals surface area (Å²) in [6.45, 7) is 3.90. The van der Waals surface area contributed by atoms with Crippen molar-refractivity contribution in [2.75, 3.05) is 32.9 Å². The Balaban J connectivity index is 1.49. The molecule has 0 spiro atoms. The van der Waals surface area contributed by atoms with Crippen molar-refractivity contribution in [2.24, 2.45) is 5.10 Å². The summed E-state index contributed by atoms with van der Waals surface area (Å²) >= 11 is 0. The molecule has 1 saturated heterocycles. The molecule has 1 aliphatic heterocycles. The number of hydrazone groups is 1. The molecule has 1 aliphatic rings. The number of pyridine rings is 1. The lowest BCUT2D eigenvalue weighted by Crippen LogP contribution is -2.42. The molecule has 2 heterocycles. The van der Waals surface area contributed by atoms with Gasteiger partial charge < -0.3 is 18.9 Å². The van der Waals surface area contributed by atoms with Crippen LogP contribution in [-0.2, 0) is 20.9 Å². The number of carbonyl (C=O) groups is 2. The second-order valence-corrected chi connectivity index (χ2v) is 6.71. The SMILES string of the molecule is C/C(=N/NC(=O)Cn1ccccc1=O)c1ccc(OCC(=O)N2CCOCC2)cc1. The summed E-state index contributed by atoms with van der Waals surface area (Å²) in [5, 5.41) is 4.07. The van der Waals surface area contributed by atoms with Crippen molar-refractivity contribution < 1.29 is 19.1 Å². The minimum absolute atomic E-state index is 0.0265. The van der Waals surface area contributed by atoms with E-state index in [1.54, 1.807) is 54.4 Å². The molecule has 0 unspecified atom stereocenters. The van der Waals surface area contributed by atoms with Crippen LogP contribution >= 0.6 is 0 Å². The summed E-state index contributed by atoms with van der Waals surface area (Å²) in [6.07, 6.45) is 1.54. The number of nitrogens with zero attached hydrogens (tertiary/aromatic N) is 3.